The van der Waals surface area contributed by atoms with Crippen LogP contribution in [0.2, 0.25) is 0 Å². The molecule has 1 aromatic rings. The Kier molecular flexibility index (Phi) is 4.29. The molecule has 94 valence electrons. The summed E-state index contributed by atoms with van der Waals surface area (Å²) in [7, 11) is 0. The van der Waals surface area contributed by atoms with Crippen molar-refractivity contribution in [3.8, 4) is 0 Å². The first kappa shape index (κ1) is 12.7. The Morgan fingerprint density at radius 1 is 1.29 bits per heavy atom. The van der Waals surface area contributed by atoms with Gasteiger partial charge in [0.2, 0.25) is 0 Å². The second-order valence-corrected chi connectivity index (χ2v) is 5.74. The van der Waals surface area contributed by atoms with Crippen molar-refractivity contribution in [2.24, 2.45) is 0 Å². The van der Waals surface area contributed by atoms with E-state index in [0.717, 1.165) is 29.0 Å². The fourth-order valence-electron chi connectivity index (χ4n) is 2.25. The molecule has 17 heavy (non-hydrogen) atoms. The zero-order valence-electron chi connectivity index (χ0n) is 10.5. The van der Waals surface area contributed by atoms with Gasteiger partial charge in [0.15, 0.2) is 0 Å². The molecule has 2 rings (SSSR count). The summed E-state index contributed by atoms with van der Waals surface area (Å²) in [5.74, 6) is 0.324. The maximum Gasteiger partial charge on any atom is 0.113 e. The number of aromatic nitrogens is 2. The summed E-state index contributed by atoms with van der Waals surface area (Å²) in [5.41, 5.74) is 2.11. The first-order valence-corrected chi connectivity index (χ1v) is 7.16. The molecule has 1 heterocycles. The monoisotopic (exact) mass is 252 g/mol. The van der Waals surface area contributed by atoms with Gasteiger partial charge in [0, 0.05) is 0 Å². The van der Waals surface area contributed by atoms with E-state index >= 15 is 0 Å². The highest BCUT2D eigenvalue weighted by Crippen LogP contribution is 2.34. The summed E-state index contributed by atoms with van der Waals surface area (Å²) >= 11 is 1.33. The quantitative estimate of drug-likeness (QED) is 0.836. The SMILES string of the molecule is CC(C)c1nnsc1C(O)C1=CCCCCC1. The fourth-order valence-corrected chi connectivity index (χ4v) is 3.09. The van der Waals surface area contributed by atoms with Crippen molar-refractivity contribution in [3.05, 3.63) is 22.2 Å². The normalized spacial score (nSPS) is 18.9. The highest BCUT2D eigenvalue weighted by Gasteiger charge is 2.22. The third-order valence-corrected chi connectivity index (χ3v) is 4.06. The molecule has 0 fully saturated rings. The Bertz CT molecular complexity index is 398. The van der Waals surface area contributed by atoms with Crippen LogP contribution in [-0.2, 0) is 0 Å². The minimum atomic E-state index is -0.481. The van der Waals surface area contributed by atoms with Crippen LogP contribution in [0.15, 0.2) is 11.6 Å². The van der Waals surface area contributed by atoms with E-state index in [9.17, 15) is 5.11 Å². The summed E-state index contributed by atoms with van der Waals surface area (Å²) in [5, 5.41) is 14.6. The molecule has 1 aliphatic carbocycles. The molecule has 0 aliphatic heterocycles. The molecule has 0 saturated carbocycles. The van der Waals surface area contributed by atoms with E-state index in [0.29, 0.717) is 5.92 Å². The van der Waals surface area contributed by atoms with Crippen LogP contribution in [0.5, 0.6) is 0 Å². The molecular weight excluding hydrogens is 232 g/mol. The number of aliphatic hydroxyl groups is 1. The van der Waals surface area contributed by atoms with Crippen LogP contribution in [0.25, 0.3) is 0 Å². The Hall–Kier alpha value is -0.740. The van der Waals surface area contributed by atoms with Crippen LogP contribution in [0, 0.1) is 0 Å². The van der Waals surface area contributed by atoms with Gasteiger partial charge in [-0.1, -0.05) is 30.8 Å². The van der Waals surface area contributed by atoms with Crippen LogP contribution in [0.4, 0.5) is 0 Å². The molecular formula is C13H20N2OS. The lowest BCUT2D eigenvalue weighted by Crippen LogP contribution is -2.04. The molecule has 0 bridgehead atoms. The van der Waals surface area contributed by atoms with Crippen molar-refractivity contribution in [1.29, 1.82) is 0 Å². The standard InChI is InChI=1S/C13H20N2OS/c1-9(2)11-13(17-15-14-11)12(16)10-7-5-3-4-6-8-10/h7,9,12,16H,3-6,8H2,1-2H3. The van der Waals surface area contributed by atoms with Gasteiger partial charge in [-0.15, -0.1) is 5.10 Å². The first-order chi connectivity index (χ1) is 8.20. The number of hydrogen-bond acceptors (Lipinski definition) is 4. The third kappa shape index (κ3) is 2.93. The van der Waals surface area contributed by atoms with Gasteiger partial charge in [0.05, 0.1) is 10.6 Å². The lowest BCUT2D eigenvalue weighted by molar-refractivity contribution is 0.212. The molecule has 1 aromatic heterocycles. The average molecular weight is 252 g/mol. The lowest BCUT2D eigenvalue weighted by atomic mass is 9.99. The zero-order valence-corrected chi connectivity index (χ0v) is 11.3. The second kappa shape index (κ2) is 5.74. The van der Waals surface area contributed by atoms with Crippen LogP contribution >= 0.6 is 11.5 Å². The highest BCUT2D eigenvalue weighted by molar-refractivity contribution is 7.05. The van der Waals surface area contributed by atoms with Crippen molar-refractivity contribution in [2.45, 2.75) is 58.0 Å². The molecule has 0 radical (unpaired) electrons. The maximum absolute atomic E-state index is 10.5. The Morgan fingerprint density at radius 3 is 2.88 bits per heavy atom. The third-order valence-electron chi connectivity index (χ3n) is 3.26. The van der Waals surface area contributed by atoms with Crippen LogP contribution in [-0.4, -0.2) is 14.7 Å². The molecule has 1 atom stereocenters. The Morgan fingerprint density at radius 2 is 2.12 bits per heavy atom. The minimum absolute atomic E-state index is 0.324. The van der Waals surface area contributed by atoms with E-state index in [2.05, 4.69) is 29.5 Å². The summed E-state index contributed by atoms with van der Waals surface area (Å²) in [6.45, 7) is 4.18. The maximum atomic E-state index is 10.5. The Balaban J connectivity index is 2.20. The van der Waals surface area contributed by atoms with E-state index in [1.807, 2.05) is 0 Å². The van der Waals surface area contributed by atoms with Gasteiger partial charge in [0.25, 0.3) is 0 Å². The molecule has 1 aliphatic rings. The van der Waals surface area contributed by atoms with Gasteiger partial charge in [-0.2, -0.15) is 0 Å². The van der Waals surface area contributed by atoms with Crippen molar-refractivity contribution in [1.82, 2.24) is 9.59 Å². The van der Waals surface area contributed by atoms with Crippen molar-refractivity contribution in [3.63, 3.8) is 0 Å². The number of aliphatic hydroxyl groups excluding tert-OH is 1. The second-order valence-electron chi connectivity index (χ2n) is 4.96. The lowest BCUT2D eigenvalue weighted by Gasteiger charge is -2.14. The van der Waals surface area contributed by atoms with Crippen molar-refractivity contribution >= 4 is 11.5 Å². The first-order valence-electron chi connectivity index (χ1n) is 6.39. The van der Waals surface area contributed by atoms with Crippen molar-refractivity contribution < 1.29 is 5.11 Å². The molecule has 0 spiro atoms. The van der Waals surface area contributed by atoms with Gasteiger partial charge in [-0.05, 0) is 48.7 Å². The molecule has 0 saturated heterocycles. The number of nitrogens with zero attached hydrogens (tertiary/aromatic N) is 2. The van der Waals surface area contributed by atoms with Crippen molar-refractivity contribution in [2.75, 3.05) is 0 Å². The molecule has 4 heteroatoms. The summed E-state index contributed by atoms with van der Waals surface area (Å²) < 4.78 is 3.99. The number of allylic oxidation sites excluding steroid dienone is 1. The van der Waals surface area contributed by atoms with Gasteiger partial charge in [-0.3, -0.25) is 0 Å². The molecule has 0 aromatic carbocycles. The molecule has 3 nitrogen and oxygen atoms in total. The summed E-state index contributed by atoms with van der Waals surface area (Å²) in [6.07, 6.45) is 7.53. The van der Waals surface area contributed by atoms with Gasteiger partial charge < -0.3 is 5.11 Å². The van der Waals surface area contributed by atoms with Crippen LogP contribution in [0.1, 0.15) is 68.5 Å². The minimum Gasteiger partial charge on any atom is -0.383 e. The van der Waals surface area contributed by atoms with E-state index in [4.69, 9.17) is 0 Å². The summed E-state index contributed by atoms with van der Waals surface area (Å²) in [4.78, 5) is 0.938. The van der Waals surface area contributed by atoms with Gasteiger partial charge in [-0.25, -0.2) is 0 Å². The molecule has 1 N–H and O–H groups in total. The van der Waals surface area contributed by atoms with E-state index < -0.39 is 6.10 Å². The Labute approximate surface area is 107 Å². The smallest absolute Gasteiger partial charge is 0.113 e. The number of hydrogen-bond donors (Lipinski definition) is 1. The van der Waals surface area contributed by atoms with Crippen LogP contribution in [0.3, 0.4) is 0 Å². The average Bonchev–Trinajstić information content (AvgIpc) is 2.64. The zero-order chi connectivity index (χ0) is 12.3. The largest absolute Gasteiger partial charge is 0.383 e. The van der Waals surface area contributed by atoms with E-state index in [-0.39, 0.29) is 0 Å². The predicted octanol–water partition coefficient (Wildman–Crippen LogP) is 3.59. The van der Waals surface area contributed by atoms with Crippen LogP contribution < -0.4 is 0 Å². The predicted molar refractivity (Wildman–Crippen MR) is 70.1 cm³/mol. The molecule has 1 unspecified atom stereocenters. The topological polar surface area (TPSA) is 46.0 Å². The van der Waals surface area contributed by atoms with E-state index in [1.54, 1.807) is 0 Å². The highest BCUT2D eigenvalue weighted by atomic mass is 32.1. The summed E-state index contributed by atoms with van der Waals surface area (Å²) in [6, 6.07) is 0. The van der Waals surface area contributed by atoms with Gasteiger partial charge >= 0.3 is 0 Å². The number of rotatable bonds is 3. The van der Waals surface area contributed by atoms with Gasteiger partial charge in [0.1, 0.15) is 6.10 Å². The van der Waals surface area contributed by atoms with E-state index in [1.165, 1.54) is 30.8 Å². The molecule has 0 amide bonds. The fraction of sp³-hybridized carbons (Fsp3) is 0.692.